The van der Waals surface area contributed by atoms with Crippen molar-refractivity contribution in [1.82, 2.24) is 9.88 Å². The van der Waals surface area contributed by atoms with Gasteiger partial charge in [0.1, 0.15) is 0 Å². The van der Waals surface area contributed by atoms with Gasteiger partial charge in [-0.25, -0.2) is 4.79 Å². The molecule has 1 N–H and O–H groups in total. The molecule has 172 valence electrons. The molecule has 2 heterocycles. The van der Waals surface area contributed by atoms with E-state index >= 15 is 0 Å². The molecule has 4 rings (SSSR count). The van der Waals surface area contributed by atoms with Gasteiger partial charge in [0.25, 0.3) is 11.2 Å². The van der Waals surface area contributed by atoms with E-state index in [0.29, 0.717) is 41.7 Å². The summed E-state index contributed by atoms with van der Waals surface area (Å²) in [6.07, 6.45) is -4.55. The van der Waals surface area contributed by atoms with Crippen LogP contribution >= 0.6 is 11.3 Å². The minimum atomic E-state index is -4.55. The fraction of sp³-hybridized carbons (Fsp3) is 0.250. The molecule has 0 spiro atoms. The predicted octanol–water partition coefficient (Wildman–Crippen LogP) is 3.94. The molecule has 9 nitrogen and oxygen atoms in total. The van der Waals surface area contributed by atoms with Gasteiger partial charge in [0, 0.05) is 48.7 Å². The van der Waals surface area contributed by atoms with Gasteiger partial charge in [-0.3, -0.25) is 14.9 Å². The molecule has 1 fully saturated rings. The fourth-order valence-corrected chi connectivity index (χ4v) is 4.37. The molecule has 0 unspecified atom stereocenters. The molecule has 1 aliphatic rings. The number of nitrogens with one attached hydrogen (secondary N) is 1. The maximum Gasteiger partial charge on any atom is 0.416 e. The number of urea groups is 1. The maximum absolute atomic E-state index is 12.9. The second-order valence-electron chi connectivity index (χ2n) is 7.22. The van der Waals surface area contributed by atoms with Crippen LogP contribution in [0.4, 0.5) is 34.5 Å². The van der Waals surface area contributed by atoms with Crippen LogP contribution in [0.15, 0.2) is 47.3 Å². The zero-order chi connectivity index (χ0) is 23.8. The van der Waals surface area contributed by atoms with Crippen LogP contribution in [0, 0.1) is 10.1 Å². The number of carbonyl (C=O) groups excluding carboxylic acids is 1. The number of nitro benzene ring substituents is 1. The van der Waals surface area contributed by atoms with Crippen LogP contribution in [0.1, 0.15) is 5.56 Å². The lowest BCUT2D eigenvalue weighted by Crippen LogP contribution is -2.50. The molecule has 0 bridgehead atoms. The van der Waals surface area contributed by atoms with E-state index in [2.05, 4.69) is 10.3 Å². The van der Waals surface area contributed by atoms with Crippen molar-refractivity contribution in [3.63, 3.8) is 0 Å². The van der Waals surface area contributed by atoms with Crippen molar-refractivity contribution in [2.45, 2.75) is 6.18 Å². The Kier molecular flexibility index (Phi) is 5.89. The van der Waals surface area contributed by atoms with Gasteiger partial charge < -0.3 is 15.1 Å². The lowest BCUT2D eigenvalue weighted by atomic mass is 10.2. The summed E-state index contributed by atoms with van der Waals surface area (Å²) in [6.45, 7) is 1.41. The third kappa shape index (κ3) is 4.87. The van der Waals surface area contributed by atoms with Crippen molar-refractivity contribution in [3.8, 4) is 0 Å². The molecule has 0 atom stereocenters. The highest BCUT2D eigenvalue weighted by Gasteiger charge is 2.31. The smallest absolute Gasteiger partial charge is 0.344 e. The maximum atomic E-state index is 12.9. The first-order chi connectivity index (χ1) is 15.6. The Balaban J connectivity index is 1.42. The van der Waals surface area contributed by atoms with Gasteiger partial charge >= 0.3 is 12.2 Å². The zero-order valence-electron chi connectivity index (χ0n) is 16.8. The minimum Gasteiger partial charge on any atom is -0.344 e. The Bertz CT molecular complexity index is 1270. The van der Waals surface area contributed by atoms with Gasteiger partial charge in [-0.1, -0.05) is 11.3 Å². The summed E-state index contributed by atoms with van der Waals surface area (Å²) in [5.41, 5.74) is -1.30. The lowest BCUT2D eigenvalue weighted by molar-refractivity contribution is -0.384. The van der Waals surface area contributed by atoms with Crippen LogP contribution in [0.3, 0.4) is 0 Å². The first-order valence-electron chi connectivity index (χ1n) is 9.69. The number of alkyl halides is 3. The third-order valence-corrected chi connectivity index (χ3v) is 6.21. The number of benzene rings is 2. The molecule has 1 saturated heterocycles. The fourth-order valence-electron chi connectivity index (χ4n) is 3.34. The number of hydrogen-bond acceptors (Lipinski definition) is 7. The van der Waals surface area contributed by atoms with E-state index in [1.54, 1.807) is 9.80 Å². The largest absolute Gasteiger partial charge is 0.416 e. The molecule has 0 saturated carbocycles. The standard InChI is InChI=1S/C20H16F3N5O4S/c21-20(22,23)12-1-6-16-15(11-12)17(29)25-19(33-16)27-9-7-26(8-10-27)18(30)24-13-2-4-14(5-3-13)28(31)32/h1-6,11H,7-10H2,(H,24,30). The predicted molar refractivity (Wildman–Crippen MR) is 117 cm³/mol. The molecular weight excluding hydrogens is 463 g/mol. The number of amides is 2. The summed E-state index contributed by atoms with van der Waals surface area (Å²) in [5, 5.41) is 13.7. The van der Waals surface area contributed by atoms with Gasteiger partial charge in [0.05, 0.1) is 15.9 Å². The number of rotatable bonds is 3. The normalized spacial score (nSPS) is 14.4. The minimum absolute atomic E-state index is 0.0836. The third-order valence-electron chi connectivity index (χ3n) is 5.10. The van der Waals surface area contributed by atoms with Crippen LogP contribution in [-0.2, 0) is 6.18 Å². The lowest BCUT2D eigenvalue weighted by Gasteiger charge is -2.34. The second-order valence-corrected chi connectivity index (χ2v) is 8.23. The summed E-state index contributed by atoms with van der Waals surface area (Å²) >= 11 is 1.12. The van der Waals surface area contributed by atoms with Crippen molar-refractivity contribution in [1.29, 1.82) is 0 Å². The molecule has 2 amide bonds. The van der Waals surface area contributed by atoms with Gasteiger partial charge in [0.2, 0.25) is 0 Å². The summed E-state index contributed by atoms with van der Waals surface area (Å²) in [4.78, 5) is 42.3. The van der Waals surface area contributed by atoms with E-state index < -0.39 is 22.2 Å². The van der Waals surface area contributed by atoms with Gasteiger partial charge in [-0.2, -0.15) is 18.2 Å². The number of carbonyl (C=O) groups is 1. The van der Waals surface area contributed by atoms with Crippen molar-refractivity contribution < 1.29 is 22.9 Å². The summed E-state index contributed by atoms with van der Waals surface area (Å²) in [5.74, 6) is 0. The Labute approximate surface area is 188 Å². The van der Waals surface area contributed by atoms with Crippen LogP contribution in [0.2, 0.25) is 0 Å². The van der Waals surface area contributed by atoms with Crippen molar-refractivity contribution in [2.24, 2.45) is 0 Å². The molecule has 2 aromatic carbocycles. The number of halogens is 3. The zero-order valence-corrected chi connectivity index (χ0v) is 17.7. The first-order valence-corrected chi connectivity index (χ1v) is 10.5. The number of piperazine rings is 1. The number of nitro groups is 1. The number of non-ortho nitro benzene ring substituents is 1. The van der Waals surface area contributed by atoms with E-state index in [4.69, 9.17) is 0 Å². The number of nitrogens with zero attached hydrogens (tertiary/aromatic N) is 4. The Morgan fingerprint density at radius 2 is 1.76 bits per heavy atom. The highest BCUT2D eigenvalue weighted by atomic mass is 32.1. The first kappa shape index (κ1) is 22.5. The molecule has 1 aliphatic heterocycles. The Morgan fingerprint density at radius 1 is 1.09 bits per heavy atom. The molecule has 33 heavy (non-hydrogen) atoms. The van der Waals surface area contributed by atoms with Gasteiger partial charge in [-0.05, 0) is 30.3 Å². The Morgan fingerprint density at radius 3 is 2.36 bits per heavy atom. The van der Waals surface area contributed by atoms with Crippen LogP contribution in [0.25, 0.3) is 10.1 Å². The topological polar surface area (TPSA) is 109 Å². The molecule has 3 aromatic rings. The quantitative estimate of drug-likeness (QED) is 0.450. The van der Waals surface area contributed by atoms with E-state index in [0.717, 1.165) is 23.5 Å². The monoisotopic (exact) mass is 479 g/mol. The van der Waals surface area contributed by atoms with E-state index in [1.165, 1.54) is 30.3 Å². The Hall–Kier alpha value is -3.74. The number of hydrogen-bond donors (Lipinski definition) is 1. The second kappa shape index (κ2) is 8.65. The molecule has 0 aliphatic carbocycles. The number of anilines is 2. The SMILES string of the molecule is O=C(Nc1ccc([N+](=O)[O-])cc1)N1CCN(c2nc(=O)c3cc(C(F)(F)F)ccc3s2)CC1. The highest BCUT2D eigenvalue weighted by molar-refractivity contribution is 7.21. The molecule has 13 heteroatoms. The van der Waals surface area contributed by atoms with Crippen molar-refractivity contribution >= 4 is 44.0 Å². The van der Waals surface area contributed by atoms with Crippen LogP contribution < -0.4 is 15.8 Å². The summed E-state index contributed by atoms with van der Waals surface area (Å²) in [6, 6.07) is 8.09. The molecular formula is C20H16F3N5O4S. The van der Waals surface area contributed by atoms with Gasteiger partial charge in [0.15, 0.2) is 5.13 Å². The molecule has 0 radical (unpaired) electrons. The van der Waals surface area contributed by atoms with E-state index in [9.17, 15) is 32.9 Å². The number of fused-ring (bicyclic) bond motifs is 1. The molecule has 1 aromatic heterocycles. The average molecular weight is 479 g/mol. The van der Waals surface area contributed by atoms with Crippen LogP contribution in [0.5, 0.6) is 0 Å². The van der Waals surface area contributed by atoms with E-state index in [-0.39, 0.29) is 17.1 Å². The average Bonchev–Trinajstić information content (AvgIpc) is 2.78. The summed E-state index contributed by atoms with van der Waals surface area (Å²) < 4.78 is 39.1. The van der Waals surface area contributed by atoms with Crippen molar-refractivity contribution in [2.75, 3.05) is 36.4 Å². The summed E-state index contributed by atoms with van der Waals surface area (Å²) in [7, 11) is 0. The van der Waals surface area contributed by atoms with E-state index in [1.807, 2.05) is 0 Å². The van der Waals surface area contributed by atoms with Crippen molar-refractivity contribution in [3.05, 3.63) is 68.5 Å². The van der Waals surface area contributed by atoms with Gasteiger partial charge in [-0.15, -0.1) is 0 Å². The highest BCUT2D eigenvalue weighted by Crippen LogP contribution is 2.33. The van der Waals surface area contributed by atoms with Crippen LogP contribution in [-0.4, -0.2) is 47.0 Å². The number of aromatic nitrogens is 1.